The fraction of sp³-hybridized carbons (Fsp3) is 0.625. The molecule has 104 valence electrons. The molecule has 19 heavy (non-hydrogen) atoms. The minimum absolute atomic E-state index is 0.861. The van der Waals surface area contributed by atoms with E-state index in [4.69, 9.17) is 4.74 Å². The van der Waals surface area contributed by atoms with Crippen molar-refractivity contribution >= 4 is 5.69 Å². The molecule has 1 saturated carbocycles. The minimum atomic E-state index is 0.861. The molecule has 0 spiro atoms. The Labute approximate surface area is 115 Å². The van der Waals surface area contributed by atoms with Crippen LogP contribution in [0.2, 0.25) is 0 Å². The summed E-state index contributed by atoms with van der Waals surface area (Å²) in [6.45, 7) is 4.95. The molecule has 0 amide bonds. The van der Waals surface area contributed by atoms with Crippen LogP contribution < -0.4 is 5.32 Å². The number of rotatable bonds is 7. The maximum atomic E-state index is 5.69. The zero-order chi connectivity index (χ0) is 13.1. The number of likely N-dealkylation sites (N-methyl/N-ethyl adjacent to an activating group) is 1. The van der Waals surface area contributed by atoms with Gasteiger partial charge in [-0.2, -0.15) is 0 Å². The Balaban J connectivity index is 1.41. The average Bonchev–Trinajstić information content (AvgIpc) is 3.11. The standard InChI is InChI=1S/C16H24N2O/c1-18(8-9-19-12-13-2-3-13)11-14-4-5-16-15(10-14)6-7-17-16/h4-5,10,13,17H,2-3,6-9,11-12H2,1H3. The van der Waals surface area contributed by atoms with E-state index in [0.717, 1.165) is 45.2 Å². The van der Waals surface area contributed by atoms with Crippen LogP contribution >= 0.6 is 0 Å². The highest BCUT2D eigenvalue weighted by atomic mass is 16.5. The summed E-state index contributed by atoms with van der Waals surface area (Å²) in [4.78, 5) is 2.34. The van der Waals surface area contributed by atoms with E-state index in [1.807, 2.05) is 0 Å². The monoisotopic (exact) mass is 260 g/mol. The average molecular weight is 260 g/mol. The maximum absolute atomic E-state index is 5.69. The second-order valence-electron chi connectivity index (χ2n) is 5.92. The van der Waals surface area contributed by atoms with Crippen LogP contribution in [-0.2, 0) is 17.7 Å². The van der Waals surface area contributed by atoms with E-state index in [-0.39, 0.29) is 0 Å². The molecule has 0 saturated heterocycles. The summed E-state index contributed by atoms with van der Waals surface area (Å²) in [5.41, 5.74) is 4.20. The van der Waals surface area contributed by atoms with Crippen LogP contribution in [-0.4, -0.2) is 38.3 Å². The molecule has 1 aromatic rings. The quantitative estimate of drug-likeness (QED) is 0.762. The van der Waals surface area contributed by atoms with E-state index in [1.54, 1.807) is 0 Å². The van der Waals surface area contributed by atoms with Crippen molar-refractivity contribution in [3.05, 3.63) is 29.3 Å². The van der Waals surface area contributed by atoms with Gasteiger partial charge in [0.15, 0.2) is 0 Å². The molecule has 0 unspecified atom stereocenters. The third-order valence-corrected chi connectivity index (χ3v) is 4.00. The van der Waals surface area contributed by atoms with Crippen molar-refractivity contribution in [2.45, 2.75) is 25.8 Å². The predicted molar refractivity (Wildman–Crippen MR) is 78.5 cm³/mol. The summed E-state index contributed by atoms with van der Waals surface area (Å²) in [7, 11) is 2.17. The third-order valence-electron chi connectivity index (χ3n) is 4.00. The highest BCUT2D eigenvalue weighted by Crippen LogP contribution is 2.28. The molecule has 1 heterocycles. The topological polar surface area (TPSA) is 24.5 Å². The van der Waals surface area contributed by atoms with Gasteiger partial charge in [-0.1, -0.05) is 12.1 Å². The first-order valence-electron chi connectivity index (χ1n) is 7.43. The molecule has 0 radical (unpaired) electrons. The molecular formula is C16H24N2O. The van der Waals surface area contributed by atoms with Gasteiger partial charge in [0.2, 0.25) is 0 Å². The number of nitrogens with zero attached hydrogens (tertiary/aromatic N) is 1. The van der Waals surface area contributed by atoms with Gasteiger partial charge in [-0.25, -0.2) is 0 Å². The van der Waals surface area contributed by atoms with Crippen LogP contribution in [0.5, 0.6) is 0 Å². The highest BCUT2D eigenvalue weighted by molar-refractivity contribution is 5.56. The molecule has 1 aliphatic carbocycles. The van der Waals surface area contributed by atoms with Gasteiger partial charge in [0.1, 0.15) is 0 Å². The molecule has 2 aliphatic rings. The summed E-state index contributed by atoms with van der Waals surface area (Å²) < 4.78 is 5.69. The Bertz CT molecular complexity index is 429. The maximum Gasteiger partial charge on any atom is 0.0593 e. The van der Waals surface area contributed by atoms with Crippen LogP contribution in [0.3, 0.4) is 0 Å². The molecule has 3 rings (SSSR count). The minimum Gasteiger partial charge on any atom is -0.384 e. The van der Waals surface area contributed by atoms with E-state index in [0.29, 0.717) is 0 Å². The molecule has 0 atom stereocenters. The van der Waals surface area contributed by atoms with Gasteiger partial charge in [0, 0.05) is 31.9 Å². The number of hydrogen-bond acceptors (Lipinski definition) is 3. The van der Waals surface area contributed by atoms with Crippen molar-refractivity contribution in [1.29, 1.82) is 0 Å². The molecule has 1 fully saturated rings. The number of fused-ring (bicyclic) bond motifs is 1. The van der Waals surface area contributed by atoms with Crippen LogP contribution in [0.25, 0.3) is 0 Å². The van der Waals surface area contributed by atoms with Gasteiger partial charge in [-0.05, 0) is 49.4 Å². The first kappa shape index (κ1) is 12.9. The molecule has 3 heteroatoms. The number of ether oxygens (including phenoxy) is 1. The Morgan fingerprint density at radius 2 is 2.26 bits per heavy atom. The lowest BCUT2D eigenvalue weighted by molar-refractivity contribution is 0.102. The lowest BCUT2D eigenvalue weighted by Gasteiger charge is -2.17. The van der Waals surface area contributed by atoms with Crippen molar-refractivity contribution < 1.29 is 4.74 Å². The third kappa shape index (κ3) is 3.71. The Morgan fingerprint density at radius 3 is 3.11 bits per heavy atom. The molecule has 1 aromatic carbocycles. The van der Waals surface area contributed by atoms with Crippen LogP contribution in [0.15, 0.2) is 18.2 Å². The smallest absolute Gasteiger partial charge is 0.0593 e. The Morgan fingerprint density at radius 1 is 1.37 bits per heavy atom. The van der Waals surface area contributed by atoms with Crippen LogP contribution in [0.4, 0.5) is 5.69 Å². The Kier molecular flexibility index (Phi) is 4.04. The number of anilines is 1. The summed E-state index contributed by atoms with van der Waals surface area (Å²) in [5, 5.41) is 3.41. The number of nitrogens with one attached hydrogen (secondary N) is 1. The summed E-state index contributed by atoms with van der Waals surface area (Å²) >= 11 is 0. The highest BCUT2D eigenvalue weighted by Gasteiger charge is 2.20. The van der Waals surface area contributed by atoms with Crippen molar-refractivity contribution in [1.82, 2.24) is 4.90 Å². The molecular weight excluding hydrogens is 236 g/mol. The van der Waals surface area contributed by atoms with E-state index in [9.17, 15) is 0 Å². The lowest BCUT2D eigenvalue weighted by Crippen LogP contribution is -2.23. The van der Waals surface area contributed by atoms with Crippen molar-refractivity contribution in [2.75, 3.05) is 38.7 Å². The number of hydrogen-bond donors (Lipinski definition) is 1. The predicted octanol–water partition coefficient (Wildman–Crippen LogP) is 2.51. The van der Waals surface area contributed by atoms with E-state index in [2.05, 4.69) is 35.5 Å². The van der Waals surface area contributed by atoms with Gasteiger partial charge < -0.3 is 10.1 Å². The SMILES string of the molecule is CN(CCOCC1CC1)Cc1ccc2c(c1)CCN2. The molecule has 1 N–H and O–H groups in total. The zero-order valence-corrected chi connectivity index (χ0v) is 11.8. The van der Waals surface area contributed by atoms with Gasteiger partial charge in [-0.15, -0.1) is 0 Å². The van der Waals surface area contributed by atoms with E-state index >= 15 is 0 Å². The fourth-order valence-corrected chi connectivity index (χ4v) is 2.60. The summed E-state index contributed by atoms with van der Waals surface area (Å²) in [5.74, 6) is 0.870. The largest absolute Gasteiger partial charge is 0.384 e. The fourth-order valence-electron chi connectivity index (χ4n) is 2.60. The normalized spacial score (nSPS) is 17.6. The molecule has 0 aromatic heterocycles. The van der Waals surface area contributed by atoms with Gasteiger partial charge in [0.25, 0.3) is 0 Å². The molecule has 0 bridgehead atoms. The molecule has 1 aliphatic heterocycles. The summed E-state index contributed by atoms with van der Waals surface area (Å²) in [6.07, 6.45) is 3.91. The van der Waals surface area contributed by atoms with Crippen molar-refractivity contribution in [3.63, 3.8) is 0 Å². The van der Waals surface area contributed by atoms with E-state index in [1.165, 1.54) is 29.7 Å². The molecule has 3 nitrogen and oxygen atoms in total. The first-order chi connectivity index (χ1) is 9.31. The first-order valence-corrected chi connectivity index (χ1v) is 7.43. The second kappa shape index (κ2) is 5.93. The second-order valence-corrected chi connectivity index (χ2v) is 5.92. The Hall–Kier alpha value is -1.06. The van der Waals surface area contributed by atoms with Crippen molar-refractivity contribution in [2.24, 2.45) is 5.92 Å². The van der Waals surface area contributed by atoms with Crippen molar-refractivity contribution in [3.8, 4) is 0 Å². The lowest BCUT2D eigenvalue weighted by atomic mass is 10.1. The van der Waals surface area contributed by atoms with E-state index < -0.39 is 0 Å². The van der Waals surface area contributed by atoms with Gasteiger partial charge in [-0.3, -0.25) is 4.90 Å². The van der Waals surface area contributed by atoms with Crippen LogP contribution in [0.1, 0.15) is 24.0 Å². The number of benzene rings is 1. The summed E-state index contributed by atoms with van der Waals surface area (Å²) in [6, 6.07) is 6.80. The zero-order valence-electron chi connectivity index (χ0n) is 11.8. The van der Waals surface area contributed by atoms with Gasteiger partial charge >= 0.3 is 0 Å². The van der Waals surface area contributed by atoms with Crippen LogP contribution in [0, 0.1) is 5.92 Å². The van der Waals surface area contributed by atoms with Gasteiger partial charge in [0.05, 0.1) is 6.61 Å².